The van der Waals surface area contributed by atoms with E-state index in [-0.39, 0.29) is 12.5 Å². The Hall–Kier alpha value is -3.02. The van der Waals surface area contributed by atoms with Gasteiger partial charge in [-0.15, -0.1) is 0 Å². The number of aryl methyl sites for hydroxylation is 1. The van der Waals surface area contributed by atoms with Crippen molar-refractivity contribution in [3.63, 3.8) is 0 Å². The number of carbonyl (C=O) groups excluding carboxylic acids is 2. The van der Waals surface area contributed by atoms with Crippen LogP contribution in [0.25, 0.3) is 11.1 Å². The zero-order valence-electron chi connectivity index (χ0n) is 18.6. The normalized spacial score (nSPS) is 11.0. The summed E-state index contributed by atoms with van der Waals surface area (Å²) in [4.78, 5) is 24.1. The Morgan fingerprint density at radius 1 is 1.03 bits per heavy atom. The Kier molecular flexibility index (Phi) is 7.86. The standard InChI is InChI=1S/C24H31NO5/c1-7-12-29-21-11-10-17(13-19(21)15-25-23(27)30-24(3,4)5)18-9-8-16(2)20(14-18)22(26)28-6/h8-11,13-14H,7,12,15H2,1-6H3,(H,25,27). The Bertz CT molecular complexity index is 899. The number of rotatable bonds is 7. The van der Waals surface area contributed by atoms with E-state index in [1.54, 1.807) is 0 Å². The third-order valence-electron chi connectivity index (χ3n) is 4.32. The first-order valence-corrected chi connectivity index (χ1v) is 10.1. The molecule has 0 atom stereocenters. The van der Waals surface area contributed by atoms with Gasteiger partial charge < -0.3 is 19.5 Å². The first-order valence-electron chi connectivity index (χ1n) is 10.1. The molecule has 2 aromatic rings. The number of ether oxygens (including phenoxy) is 3. The predicted octanol–water partition coefficient (Wildman–Crippen LogP) is 5.26. The second-order valence-corrected chi connectivity index (χ2v) is 8.05. The first-order chi connectivity index (χ1) is 14.1. The van der Waals surface area contributed by atoms with Crippen molar-refractivity contribution in [1.82, 2.24) is 5.32 Å². The maximum absolute atomic E-state index is 12.1. The lowest BCUT2D eigenvalue weighted by Crippen LogP contribution is -2.32. The zero-order valence-corrected chi connectivity index (χ0v) is 18.6. The highest BCUT2D eigenvalue weighted by Gasteiger charge is 2.17. The molecular formula is C24H31NO5. The van der Waals surface area contributed by atoms with Gasteiger partial charge >= 0.3 is 12.1 Å². The predicted molar refractivity (Wildman–Crippen MR) is 117 cm³/mol. The van der Waals surface area contributed by atoms with E-state index in [1.807, 2.05) is 71.0 Å². The average Bonchev–Trinajstić information content (AvgIpc) is 2.69. The lowest BCUT2D eigenvalue weighted by Gasteiger charge is -2.20. The van der Waals surface area contributed by atoms with Crippen molar-refractivity contribution in [2.75, 3.05) is 13.7 Å². The maximum atomic E-state index is 12.1. The molecule has 6 heteroatoms. The Balaban J connectivity index is 2.33. The molecule has 1 N–H and O–H groups in total. The minimum atomic E-state index is -0.570. The molecule has 0 bridgehead atoms. The quantitative estimate of drug-likeness (QED) is 0.627. The van der Waals surface area contributed by atoms with Gasteiger partial charge in [0, 0.05) is 12.1 Å². The largest absolute Gasteiger partial charge is 0.493 e. The minimum Gasteiger partial charge on any atom is -0.493 e. The summed E-state index contributed by atoms with van der Waals surface area (Å²) in [5.74, 6) is 0.334. The van der Waals surface area contributed by atoms with E-state index in [9.17, 15) is 9.59 Å². The molecule has 162 valence electrons. The van der Waals surface area contributed by atoms with Crippen LogP contribution < -0.4 is 10.1 Å². The number of carbonyl (C=O) groups is 2. The van der Waals surface area contributed by atoms with Gasteiger partial charge in [-0.2, -0.15) is 0 Å². The van der Waals surface area contributed by atoms with Gasteiger partial charge in [-0.1, -0.05) is 25.1 Å². The highest BCUT2D eigenvalue weighted by molar-refractivity contribution is 5.92. The van der Waals surface area contributed by atoms with Crippen LogP contribution in [-0.2, 0) is 16.0 Å². The van der Waals surface area contributed by atoms with E-state index in [2.05, 4.69) is 5.32 Å². The average molecular weight is 414 g/mol. The molecule has 2 aromatic carbocycles. The molecule has 0 aliphatic heterocycles. The van der Waals surface area contributed by atoms with Crippen molar-refractivity contribution in [3.8, 4) is 16.9 Å². The highest BCUT2D eigenvalue weighted by atomic mass is 16.6. The molecular weight excluding hydrogens is 382 g/mol. The SMILES string of the molecule is CCCOc1ccc(-c2ccc(C)c(C(=O)OC)c2)cc1CNC(=O)OC(C)(C)C. The third-order valence-corrected chi connectivity index (χ3v) is 4.32. The second kappa shape index (κ2) is 10.1. The highest BCUT2D eigenvalue weighted by Crippen LogP contribution is 2.29. The molecule has 0 aliphatic carbocycles. The van der Waals surface area contributed by atoms with Gasteiger partial charge in [-0.25, -0.2) is 9.59 Å². The molecule has 0 heterocycles. The lowest BCUT2D eigenvalue weighted by molar-refractivity contribution is 0.0522. The van der Waals surface area contributed by atoms with Crippen LogP contribution in [0.3, 0.4) is 0 Å². The van der Waals surface area contributed by atoms with E-state index >= 15 is 0 Å². The van der Waals surface area contributed by atoms with Crippen LogP contribution in [0.15, 0.2) is 36.4 Å². The number of esters is 1. The summed E-state index contributed by atoms with van der Waals surface area (Å²) in [6.07, 6.45) is 0.388. The number of benzene rings is 2. The number of hydrogen-bond acceptors (Lipinski definition) is 5. The van der Waals surface area contributed by atoms with Crippen LogP contribution in [0.2, 0.25) is 0 Å². The topological polar surface area (TPSA) is 73.9 Å². The van der Waals surface area contributed by atoms with E-state index < -0.39 is 11.7 Å². The molecule has 0 radical (unpaired) electrons. The fraction of sp³-hybridized carbons (Fsp3) is 0.417. The van der Waals surface area contributed by atoms with Crippen molar-refractivity contribution in [3.05, 3.63) is 53.1 Å². The molecule has 2 rings (SSSR count). The van der Waals surface area contributed by atoms with E-state index in [1.165, 1.54) is 7.11 Å². The molecule has 6 nitrogen and oxygen atoms in total. The van der Waals surface area contributed by atoms with Crippen LogP contribution in [0.1, 0.15) is 55.6 Å². The minimum absolute atomic E-state index is 0.261. The van der Waals surface area contributed by atoms with Gasteiger partial charge in [0.2, 0.25) is 0 Å². The van der Waals surface area contributed by atoms with Gasteiger partial charge in [0.25, 0.3) is 0 Å². The van der Waals surface area contributed by atoms with Crippen molar-refractivity contribution < 1.29 is 23.8 Å². The van der Waals surface area contributed by atoms with Crippen LogP contribution in [0.5, 0.6) is 5.75 Å². The van der Waals surface area contributed by atoms with Crippen molar-refractivity contribution >= 4 is 12.1 Å². The Morgan fingerprint density at radius 2 is 1.70 bits per heavy atom. The fourth-order valence-corrected chi connectivity index (χ4v) is 2.86. The molecule has 0 saturated carbocycles. The van der Waals surface area contributed by atoms with Crippen LogP contribution >= 0.6 is 0 Å². The van der Waals surface area contributed by atoms with Crippen LogP contribution in [0.4, 0.5) is 4.79 Å². The molecule has 0 saturated heterocycles. The van der Waals surface area contributed by atoms with Crippen LogP contribution in [-0.4, -0.2) is 31.4 Å². The summed E-state index contributed by atoms with van der Waals surface area (Å²) in [5, 5.41) is 2.78. The zero-order chi connectivity index (χ0) is 22.3. The number of alkyl carbamates (subject to hydrolysis) is 1. The number of hydrogen-bond donors (Lipinski definition) is 1. The molecule has 0 unspecified atom stereocenters. The molecule has 30 heavy (non-hydrogen) atoms. The third kappa shape index (κ3) is 6.51. The smallest absolute Gasteiger partial charge is 0.407 e. The molecule has 0 spiro atoms. The first kappa shape index (κ1) is 23.3. The lowest BCUT2D eigenvalue weighted by atomic mass is 9.98. The summed E-state index contributed by atoms with van der Waals surface area (Å²) in [7, 11) is 1.37. The molecule has 0 fully saturated rings. The van der Waals surface area contributed by atoms with Crippen molar-refractivity contribution in [2.45, 2.75) is 53.2 Å². The summed E-state index contributed by atoms with van der Waals surface area (Å²) in [6, 6.07) is 11.4. The maximum Gasteiger partial charge on any atom is 0.407 e. The molecule has 1 amide bonds. The van der Waals surface area contributed by atoms with E-state index in [0.29, 0.717) is 17.9 Å². The summed E-state index contributed by atoms with van der Waals surface area (Å²) >= 11 is 0. The van der Waals surface area contributed by atoms with Crippen LogP contribution in [0, 0.1) is 6.92 Å². The summed E-state index contributed by atoms with van der Waals surface area (Å²) < 4.78 is 16.0. The van der Waals surface area contributed by atoms with E-state index in [0.717, 1.165) is 28.7 Å². The second-order valence-electron chi connectivity index (χ2n) is 8.05. The van der Waals surface area contributed by atoms with E-state index in [4.69, 9.17) is 14.2 Å². The molecule has 0 aliphatic rings. The number of amides is 1. The van der Waals surface area contributed by atoms with Gasteiger partial charge in [0.1, 0.15) is 11.4 Å². The van der Waals surface area contributed by atoms with Crippen molar-refractivity contribution in [2.24, 2.45) is 0 Å². The monoisotopic (exact) mass is 413 g/mol. The summed E-state index contributed by atoms with van der Waals surface area (Å²) in [5.41, 5.74) is 3.41. The van der Waals surface area contributed by atoms with Crippen molar-refractivity contribution in [1.29, 1.82) is 0 Å². The fourth-order valence-electron chi connectivity index (χ4n) is 2.86. The number of nitrogens with one attached hydrogen (secondary N) is 1. The Labute approximate surface area is 178 Å². The van der Waals surface area contributed by atoms with Gasteiger partial charge in [0.05, 0.1) is 19.3 Å². The summed E-state index contributed by atoms with van der Waals surface area (Å²) in [6.45, 7) is 10.2. The van der Waals surface area contributed by atoms with Gasteiger partial charge in [-0.05, 0) is 69.0 Å². The molecule has 0 aromatic heterocycles. The number of methoxy groups -OCH3 is 1. The Morgan fingerprint density at radius 3 is 2.33 bits per heavy atom. The van der Waals surface area contributed by atoms with Gasteiger partial charge in [-0.3, -0.25) is 0 Å². The van der Waals surface area contributed by atoms with Gasteiger partial charge in [0.15, 0.2) is 0 Å².